The van der Waals surface area contributed by atoms with Crippen LogP contribution in [0.4, 0.5) is 9.18 Å². The highest BCUT2D eigenvalue weighted by Gasteiger charge is 2.36. The maximum absolute atomic E-state index is 14.2. The fraction of sp³-hybridized carbons (Fsp3) is 0.154. The van der Waals surface area contributed by atoms with Crippen LogP contribution in [-0.2, 0) is 17.9 Å². The summed E-state index contributed by atoms with van der Waals surface area (Å²) in [5.41, 5.74) is 1.77. The molecular weight excluding hydrogens is 557 g/mol. The average Bonchev–Trinajstić information content (AvgIpc) is 3.09. The molecule has 180 valence electrons. The van der Waals surface area contributed by atoms with Crippen molar-refractivity contribution in [3.63, 3.8) is 0 Å². The average molecular weight is 577 g/mol. The summed E-state index contributed by atoms with van der Waals surface area (Å²) in [5.74, 6) is 0.0124. The molecule has 0 unspecified atom stereocenters. The van der Waals surface area contributed by atoms with Crippen molar-refractivity contribution in [3.05, 3.63) is 97.6 Å². The largest absolute Gasteiger partial charge is 0.490 e. The van der Waals surface area contributed by atoms with Crippen LogP contribution in [0.5, 0.6) is 11.5 Å². The van der Waals surface area contributed by atoms with Crippen molar-refractivity contribution in [1.29, 1.82) is 0 Å². The van der Waals surface area contributed by atoms with E-state index in [9.17, 15) is 14.0 Å². The van der Waals surface area contributed by atoms with Crippen molar-refractivity contribution >= 4 is 56.5 Å². The van der Waals surface area contributed by atoms with Crippen LogP contribution in [0.15, 0.2) is 70.0 Å². The number of carbonyl (C=O) groups excluding carboxylic acids is 2. The Hall–Kier alpha value is -2.81. The molecule has 0 spiro atoms. The second-order valence-electron chi connectivity index (χ2n) is 7.52. The number of rotatable bonds is 8. The minimum Gasteiger partial charge on any atom is -0.490 e. The van der Waals surface area contributed by atoms with Crippen molar-refractivity contribution in [3.8, 4) is 11.5 Å². The predicted molar refractivity (Wildman–Crippen MR) is 139 cm³/mol. The zero-order chi connectivity index (χ0) is 24.9. The van der Waals surface area contributed by atoms with Gasteiger partial charge in [-0.2, -0.15) is 0 Å². The molecule has 3 aromatic carbocycles. The number of halogens is 3. The summed E-state index contributed by atoms with van der Waals surface area (Å²) in [6, 6.07) is 17.3. The molecule has 3 aromatic rings. The van der Waals surface area contributed by atoms with Gasteiger partial charge in [0.2, 0.25) is 0 Å². The normalized spacial score (nSPS) is 14.6. The van der Waals surface area contributed by atoms with E-state index in [1.165, 1.54) is 18.2 Å². The Kier molecular flexibility index (Phi) is 8.15. The van der Waals surface area contributed by atoms with E-state index in [1.54, 1.807) is 24.3 Å². The van der Waals surface area contributed by atoms with Gasteiger partial charge in [-0.15, -0.1) is 0 Å². The number of carbonyl (C=O) groups is 2. The second-order valence-corrected chi connectivity index (χ2v) is 9.84. The third-order valence-corrected chi connectivity index (χ3v) is 6.91. The number of ether oxygens (including phenoxy) is 2. The lowest BCUT2D eigenvalue weighted by Gasteiger charge is -2.14. The van der Waals surface area contributed by atoms with Crippen LogP contribution in [0.2, 0.25) is 5.02 Å². The van der Waals surface area contributed by atoms with Crippen molar-refractivity contribution < 1.29 is 23.5 Å². The summed E-state index contributed by atoms with van der Waals surface area (Å²) in [4.78, 5) is 26.6. The molecule has 2 amide bonds. The molecule has 1 saturated heterocycles. The van der Waals surface area contributed by atoms with Gasteiger partial charge < -0.3 is 9.47 Å². The molecule has 35 heavy (non-hydrogen) atoms. The molecule has 0 atom stereocenters. The van der Waals surface area contributed by atoms with E-state index in [1.807, 2.05) is 31.2 Å². The number of hydrogen-bond donors (Lipinski definition) is 0. The van der Waals surface area contributed by atoms with E-state index in [0.29, 0.717) is 30.3 Å². The van der Waals surface area contributed by atoms with Gasteiger partial charge in [-0.05, 0) is 72.3 Å². The molecular formula is C26H20BrClFNO4S. The lowest BCUT2D eigenvalue weighted by atomic mass is 10.1. The molecule has 0 N–H and O–H groups in total. The Bertz CT molecular complexity index is 1280. The van der Waals surface area contributed by atoms with E-state index < -0.39 is 17.0 Å². The van der Waals surface area contributed by atoms with E-state index in [0.717, 1.165) is 26.7 Å². The first-order chi connectivity index (χ1) is 16.9. The number of nitrogens with zero attached hydrogens (tertiary/aromatic N) is 1. The van der Waals surface area contributed by atoms with Crippen LogP contribution < -0.4 is 9.47 Å². The molecule has 0 radical (unpaired) electrons. The van der Waals surface area contributed by atoms with Crippen molar-refractivity contribution in [2.45, 2.75) is 20.1 Å². The Morgan fingerprint density at radius 3 is 2.54 bits per heavy atom. The summed E-state index contributed by atoms with van der Waals surface area (Å²) in [6.07, 6.45) is 1.61. The zero-order valence-electron chi connectivity index (χ0n) is 18.6. The smallest absolute Gasteiger partial charge is 0.293 e. The van der Waals surface area contributed by atoms with Crippen molar-refractivity contribution in [2.24, 2.45) is 0 Å². The molecule has 1 fully saturated rings. The molecule has 5 nitrogen and oxygen atoms in total. The molecule has 0 aliphatic carbocycles. The van der Waals surface area contributed by atoms with Crippen molar-refractivity contribution in [1.82, 2.24) is 4.90 Å². The molecule has 9 heteroatoms. The van der Waals surface area contributed by atoms with Crippen LogP contribution in [0, 0.1) is 5.82 Å². The molecule has 1 aliphatic rings. The number of hydrogen-bond acceptors (Lipinski definition) is 5. The predicted octanol–water partition coefficient (Wildman–Crippen LogP) is 7.46. The molecule has 0 saturated carbocycles. The Labute approximate surface area is 220 Å². The van der Waals surface area contributed by atoms with Gasteiger partial charge in [-0.25, -0.2) is 4.39 Å². The number of thioether (sulfide) groups is 1. The van der Waals surface area contributed by atoms with Crippen LogP contribution >= 0.6 is 39.3 Å². The summed E-state index contributed by atoms with van der Waals surface area (Å²) in [7, 11) is 0. The second kappa shape index (κ2) is 11.3. The Morgan fingerprint density at radius 2 is 1.83 bits per heavy atom. The Morgan fingerprint density at radius 1 is 1.06 bits per heavy atom. The quantitative estimate of drug-likeness (QED) is 0.261. The van der Waals surface area contributed by atoms with Crippen LogP contribution in [0.1, 0.15) is 23.6 Å². The van der Waals surface area contributed by atoms with Crippen LogP contribution in [-0.4, -0.2) is 22.7 Å². The summed E-state index contributed by atoms with van der Waals surface area (Å²) < 4.78 is 26.8. The van der Waals surface area contributed by atoms with Gasteiger partial charge in [0.15, 0.2) is 11.5 Å². The third kappa shape index (κ3) is 6.07. The topological polar surface area (TPSA) is 55.8 Å². The van der Waals surface area contributed by atoms with E-state index in [2.05, 4.69) is 15.9 Å². The zero-order valence-corrected chi connectivity index (χ0v) is 21.8. The van der Waals surface area contributed by atoms with Gasteiger partial charge >= 0.3 is 0 Å². The summed E-state index contributed by atoms with van der Waals surface area (Å²) in [6.45, 7) is 2.42. The first-order valence-corrected chi connectivity index (χ1v) is 12.7. The van der Waals surface area contributed by atoms with Gasteiger partial charge in [0.05, 0.1) is 18.1 Å². The minimum atomic E-state index is -0.569. The molecule has 0 bridgehead atoms. The first-order valence-electron chi connectivity index (χ1n) is 10.7. The standard InChI is InChI=1S/C26H20BrClFNO4S/c1-2-33-23-12-17(8-11-22(23)34-15-16-6-9-18(27)10-7-16)13-24-25(31)30(26(32)35-24)14-19-20(28)4-3-5-21(19)29/h3-13H,2,14-15H2,1H3/b24-13-. The van der Waals surface area contributed by atoms with Crippen molar-refractivity contribution in [2.75, 3.05) is 6.61 Å². The number of amides is 2. The van der Waals surface area contributed by atoms with Gasteiger partial charge in [-0.1, -0.05) is 51.8 Å². The first kappa shape index (κ1) is 25.3. The maximum Gasteiger partial charge on any atom is 0.293 e. The van der Waals surface area contributed by atoms with Crippen LogP contribution in [0.25, 0.3) is 6.08 Å². The highest BCUT2D eigenvalue weighted by Crippen LogP contribution is 2.36. The molecule has 1 heterocycles. The van der Waals surface area contributed by atoms with Gasteiger partial charge in [0, 0.05) is 15.1 Å². The number of imide groups is 1. The van der Waals surface area contributed by atoms with Gasteiger partial charge in [-0.3, -0.25) is 14.5 Å². The fourth-order valence-electron chi connectivity index (χ4n) is 3.37. The van der Waals surface area contributed by atoms with E-state index in [4.69, 9.17) is 21.1 Å². The monoisotopic (exact) mass is 575 g/mol. The third-order valence-electron chi connectivity index (χ3n) is 5.12. The SMILES string of the molecule is CCOc1cc(/C=C2\SC(=O)N(Cc3c(F)cccc3Cl)C2=O)ccc1OCc1ccc(Br)cc1. The molecule has 0 aromatic heterocycles. The highest BCUT2D eigenvalue weighted by atomic mass is 79.9. The van der Waals surface area contributed by atoms with Crippen LogP contribution in [0.3, 0.4) is 0 Å². The highest BCUT2D eigenvalue weighted by molar-refractivity contribution is 9.10. The summed E-state index contributed by atoms with van der Waals surface area (Å²) in [5, 5.41) is -0.326. The minimum absolute atomic E-state index is 0.101. The number of benzene rings is 3. The maximum atomic E-state index is 14.2. The molecule has 1 aliphatic heterocycles. The lowest BCUT2D eigenvalue weighted by molar-refractivity contribution is -0.123. The van der Waals surface area contributed by atoms with E-state index in [-0.39, 0.29) is 22.0 Å². The Balaban J connectivity index is 1.52. The molecule has 4 rings (SSSR count). The van der Waals surface area contributed by atoms with E-state index >= 15 is 0 Å². The van der Waals surface area contributed by atoms with Gasteiger partial charge in [0.25, 0.3) is 11.1 Å². The van der Waals surface area contributed by atoms with Gasteiger partial charge in [0.1, 0.15) is 12.4 Å². The fourth-order valence-corrected chi connectivity index (χ4v) is 4.70. The lowest BCUT2D eigenvalue weighted by Crippen LogP contribution is -2.28. The summed E-state index contributed by atoms with van der Waals surface area (Å²) >= 11 is 10.3.